The van der Waals surface area contributed by atoms with Gasteiger partial charge in [0, 0.05) is 15.0 Å². The minimum atomic E-state index is -3.35. The van der Waals surface area contributed by atoms with Gasteiger partial charge in [0.2, 0.25) is 0 Å². The van der Waals surface area contributed by atoms with Gasteiger partial charge in [-0.3, -0.25) is 0 Å². The molecule has 78 heavy (non-hydrogen) atoms. The summed E-state index contributed by atoms with van der Waals surface area (Å²) in [5, 5.41) is -1.05. The number of fused-ring (bicyclic) bond motifs is 1. The highest BCUT2D eigenvalue weighted by Crippen LogP contribution is 2.55. The number of carbonyl (C=O) groups is 5. The van der Waals surface area contributed by atoms with Crippen LogP contribution in [0.5, 0.6) is 0 Å². The van der Waals surface area contributed by atoms with E-state index in [1.807, 2.05) is 71.9 Å². The summed E-state index contributed by atoms with van der Waals surface area (Å²) in [7, 11) is -3.35. The molecule has 0 aromatic heterocycles. The molecule has 15 nitrogen and oxygen atoms in total. The fraction of sp³-hybridized carbons (Fsp3) is 0.328. The molecule has 0 N–H and O–H groups in total. The Morgan fingerprint density at radius 3 is 1.23 bits per heavy atom. The van der Waals surface area contributed by atoms with Crippen molar-refractivity contribution in [3.63, 3.8) is 0 Å². The first kappa shape index (κ1) is 55.8. The molecule has 0 spiro atoms. The third-order valence-electron chi connectivity index (χ3n) is 13.6. The number of thioether (sulfide) groups is 1. The Kier molecular flexibility index (Phi) is 17.4. The molecule has 0 amide bonds. The van der Waals surface area contributed by atoms with Crippen LogP contribution in [0.25, 0.3) is 0 Å². The summed E-state index contributed by atoms with van der Waals surface area (Å²) >= 11 is 1.18. The fourth-order valence-electron chi connectivity index (χ4n) is 10.0. The summed E-state index contributed by atoms with van der Waals surface area (Å²) in [6.07, 6.45) is -12.3. The Morgan fingerprint density at radius 2 is 0.821 bits per heavy atom. The van der Waals surface area contributed by atoms with Gasteiger partial charge in [0.25, 0.3) is 0 Å². The van der Waals surface area contributed by atoms with E-state index in [2.05, 4.69) is 0 Å². The van der Waals surface area contributed by atoms with Crippen LogP contribution in [-0.2, 0) is 46.7 Å². The lowest BCUT2D eigenvalue weighted by molar-refractivity contribution is -0.316. The van der Waals surface area contributed by atoms with Crippen LogP contribution < -0.4 is 0 Å². The molecule has 3 fully saturated rings. The third-order valence-corrected chi connectivity index (χ3v) is 19.9. The van der Waals surface area contributed by atoms with Crippen molar-refractivity contribution >= 4 is 50.2 Å². The lowest BCUT2D eigenvalue weighted by Crippen LogP contribution is -2.72. The van der Waals surface area contributed by atoms with E-state index >= 15 is 0 Å². The van der Waals surface area contributed by atoms with Crippen LogP contribution in [0, 0.1) is 0 Å². The molecule has 406 valence electrons. The molecule has 0 unspecified atom stereocenters. The van der Waals surface area contributed by atoms with Crippen LogP contribution in [0.1, 0.15) is 93.3 Å². The first-order valence-electron chi connectivity index (χ1n) is 25.8. The predicted octanol–water partition coefficient (Wildman–Crippen LogP) is 10.8. The van der Waals surface area contributed by atoms with Gasteiger partial charge >= 0.3 is 38.4 Å². The van der Waals surface area contributed by atoms with E-state index in [0.717, 1.165) is 0 Å². The number of rotatable bonds is 15. The van der Waals surface area contributed by atoms with Gasteiger partial charge in [-0.2, -0.15) is 0 Å². The van der Waals surface area contributed by atoms with Crippen molar-refractivity contribution < 1.29 is 70.7 Å². The van der Waals surface area contributed by atoms with E-state index in [1.54, 1.807) is 152 Å². The van der Waals surface area contributed by atoms with Gasteiger partial charge in [-0.05, 0) is 72.8 Å². The molecule has 3 heterocycles. The number of ether oxygens (including phenoxy) is 8. The summed E-state index contributed by atoms with van der Waals surface area (Å²) < 4.78 is 66.7. The molecule has 3 saturated heterocycles. The summed E-state index contributed by atoms with van der Waals surface area (Å²) in [6, 6.07) is 50.5. The van der Waals surface area contributed by atoms with Crippen molar-refractivity contribution in [2.75, 3.05) is 13.2 Å². The zero-order chi connectivity index (χ0) is 55.0. The van der Waals surface area contributed by atoms with Gasteiger partial charge in [-0.25, -0.2) is 24.0 Å². The first-order chi connectivity index (χ1) is 37.5. The zero-order valence-electron chi connectivity index (χ0n) is 44.0. The monoisotopic (exact) mass is 1090 g/mol. The lowest BCUT2D eigenvalue weighted by atomic mass is 9.97. The largest absolute Gasteiger partial charge is 0.452 e. The molecular weight excluding hydrogens is 1030 g/mol. The summed E-state index contributed by atoms with van der Waals surface area (Å²) in [5.74, 6) is -3.90. The van der Waals surface area contributed by atoms with Crippen LogP contribution in [0.3, 0.4) is 0 Å². The van der Waals surface area contributed by atoms with E-state index in [4.69, 9.17) is 46.7 Å². The Morgan fingerprint density at radius 1 is 0.462 bits per heavy atom. The maximum Gasteiger partial charge on any atom is 0.349 e. The second-order valence-electron chi connectivity index (χ2n) is 21.0. The molecule has 3 aliphatic heterocycles. The van der Waals surface area contributed by atoms with Crippen molar-refractivity contribution in [3.8, 4) is 0 Å². The minimum absolute atomic E-state index is 0.0109. The average Bonchev–Trinajstić information content (AvgIpc) is 3.57. The Balaban J connectivity index is 1.14. The van der Waals surface area contributed by atoms with E-state index in [9.17, 15) is 24.0 Å². The molecule has 0 aliphatic carbocycles. The molecule has 10 atom stereocenters. The van der Waals surface area contributed by atoms with Crippen molar-refractivity contribution in [2.45, 2.75) is 117 Å². The molecule has 3 aliphatic rings. The number of hydrogen-bond acceptors (Lipinski definition) is 16. The molecule has 0 radical (unpaired) electrons. The standard InChI is InChI=1S/C61H62O15SSi/c1-60(2,3)78(61(4,5)6)68-38-46-48(76-78)50(73-55(64)41-29-17-9-18-30-41)51(74-56(65)42-31-19-10-20-32-42)58(69-46)67-37-45-47(71-53(62)39-25-13-7-14-26-39)49(72-54(63)40-27-15-8-16-28-40)52(75-57(66)43-33-21-11-22-34-43)59(70-45)77-44-35-23-12-24-36-44/h7-36,45-52,58-59H,37-38H2,1-6H3/t45-,46-,47+,48+,49+,50+,51-,52-,58+,59+/m1/s1. The van der Waals surface area contributed by atoms with Crippen LogP contribution in [-0.4, -0.2) is 112 Å². The van der Waals surface area contributed by atoms with Gasteiger partial charge in [0.15, 0.2) is 36.8 Å². The zero-order valence-corrected chi connectivity index (χ0v) is 45.9. The number of hydrogen-bond donors (Lipinski definition) is 0. The Hall–Kier alpha value is -6.96. The summed E-state index contributed by atoms with van der Waals surface area (Å²) in [5.41, 5.74) is -0.224. The van der Waals surface area contributed by atoms with Crippen molar-refractivity contribution in [2.24, 2.45) is 0 Å². The lowest BCUT2D eigenvalue weighted by Gasteiger charge is -2.57. The molecule has 9 rings (SSSR count). The summed E-state index contributed by atoms with van der Waals surface area (Å²) in [4.78, 5) is 72.4. The van der Waals surface area contributed by atoms with Crippen molar-refractivity contribution in [1.82, 2.24) is 0 Å². The first-order valence-corrected chi connectivity index (χ1v) is 28.5. The summed E-state index contributed by atoms with van der Waals surface area (Å²) in [6.45, 7) is 11.8. The van der Waals surface area contributed by atoms with E-state index in [1.165, 1.54) is 11.8 Å². The molecule has 0 bridgehead atoms. The molecular formula is C61H62O15SSi. The van der Waals surface area contributed by atoms with Crippen LogP contribution >= 0.6 is 11.8 Å². The molecule has 17 heteroatoms. The van der Waals surface area contributed by atoms with Crippen molar-refractivity contribution in [1.29, 1.82) is 0 Å². The second kappa shape index (κ2) is 24.4. The molecule has 6 aromatic carbocycles. The van der Waals surface area contributed by atoms with Gasteiger partial charge in [0.05, 0.1) is 41.0 Å². The average molecular weight is 1100 g/mol. The number of carbonyl (C=O) groups excluding carboxylic acids is 5. The van der Waals surface area contributed by atoms with Gasteiger partial charge in [-0.1, -0.05) is 162 Å². The quantitative estimate of drug-likeness (QED) is 0.0538. The van der Waals surface area contributed by atoms with Gasteiger partial charge < -0.3 is 46.7 Å². The van der Waals surface area contributed by atoms with Crippen molar-refractivity contribution in [3.05, 3.63) is 210 Å². The number of esters is 5. The van der Waals surface area contributed by atoms with E-state index < -0.39 is 116 Å². The molecule has 0 saturated carbocycles. The van der Waals surface area contributed by atoms with Gasteiger partial charge in [0.1, 0.15) is 23.7 Å². The fourth-order valence-corrected chi connectivity index (χ4v) is 16.1. The smallest absolute Gasteiger partial charge is 0.349 e. The topological polar surface area (TPSA) is 178 Å². The van der Waals surface area contributed by atoms with E-state index in [-0.39, 0.29) is 34.4 Å². The highest BCUT2D eigenvalue weighted by Gasteiger charge is 2.66. The normalized spacial score (nSPS) is 24.8. The highest BCUT2D eigenvalue weighted by atomic mass is 32.2. The van der Waals surface area contributed by atoms with Crippen LogP contribution in [0.2, 0.25) is 10.1 Å². The minimum Gasteiger partial charge on any atom is -0.452 e. The number of benzene rings is 6. The maximum atomic E-state index is 14.4. The Bertz CT molecular complexity index is 2960. The van der Waals surface area contributed by atoms with Gasteiger partial charge in [-0.15, -0.1) is 0 Å². The second-order valence-corrected chi connectivity index (χ2v) is 27.0. The third kappa shape index (κ3) is 12.6. The van der Waals surface area contributed by atoms with Crippen LogP contribution in [0.15, 0.2) is 187 Å². The highest BCUT2D eigenvalue weighted by molar-refractivity contribution is 7.99. The van der Waals surface area contributed by atoms with E-state index in [0.29, 0.717) is 4.90 Å². The maximum absolute atomic E-state index is 14.4. The van der Waals surface area contributed by atoms with Crippen LogP contribution in [0.4, 0.5) is 0 Å². The SMILES string of the molecule is CC(C)(C)[Si]1(C(C)(C)C)OC[C@H]2O[C@H](OC[C@H]3O[C@@H](Sc4ccccc4)[C@H](OC(=O)c4ccccc4)[C@@H](OC(=O)c4ccccc4)[C@H]3OC(=O)c3ccccc3)[C@H](OC(=O)c3ccccc3)[C@@H](OC(=O)c3ccccc3)[C@H]2O1. The predicted molar refractivity (Wildman–Crippen MR) is 290 cm³/mol. The Labute approximate surface area is 459 Å². The molecule has 6 aromatic rings.